The predicted molar refractivity (Wildman–Crippen MR) is 79.2 cm³/mol. The van der Waals surface area contributed by atoms with Crippen LogP contribution in [-0.2, 0) is 11.3 Å². The maximum absolute atomic E-state index is 12.2. The van der Waals surface area contributed by atoms with E-state index in [2.05, 4.69) is 15.5 Å². The number of ether oxygens (including phenoxy) is 1. The first-order valence-corrected chi connectivity index (χ1v) is 7.44. The van der Waals surface area contributed by atoms with Gasteiger partial charge in [0.25, 0.3) is 0 Å². The summed E-state index contributed by atoms with van der Waals surface area (Å²) < 4.78 is 7.54. The van der Waals surface area contributed by atoms with Crippen LogP contribution in [0.25, 0.3) is 0 Å². The predicted octanol–water partition coefficient (Wildman–Crippen LogP) is 1.05. The number of amides is 1. The number of aromatic nitrogens is 4. The van der Waals surface area contributed by atoms with Gasteiger partial charge in [0, 0.05) is 19.4 Å². The second kappa shape index (κ2) is 6.55. The SMILES string of the molecule is Cc1nnnn1CCC(=O)N1CC[C@@H](Oc2ccccc2)C1. The van der Waals surface area contributed by atoms with Crippen LogP contribution in [0.1, 0.15) is 18.7 Å². The lowest BCUT2D eigenvalue weighted by Gasteiger charge is -2.17. The van der Waals surface area contributed by atoms with E-state index in [1.807, 2.05) is 42.2 Å². The fourth-order valence-electron chi connectivity index (χ4n) is 2.56. The van der Waals surface area contributed by atoms with E-state index in [0.717, 1.165) is 24.5 Å². The van der Waals surface area contributed by atoms with Crippen LogP contribution < -0.4 is 4.74 Å². The molecule has 1 aromatic carbocycles. The van der Waals surface area contributed by atoms with Crippen molar-refractivity contribution in [2.75, 3.05) is 13.1 Å². The first-order chi connectivity index (χ1) is 10.7. The van der Waals surface area contributed by atoms with E-state index in [1.54, 1.807) is 4.68 Å². The highest BCUT2D eigenvalue weighted by Crippen LogP contribution is 2.18. The molecular weight excluding hydrogens is 282 g/mol. The van der Waals surface area contributed by atoms with Crippen molar-refractivity contribution in [2.24, 2.45) is 0 Å². The summed E-state index contributed by atoms with van der Waals surface area (Å²) in [5.41, 5.74) is 0. The number of para-hydroxylation sites is 1. The number of likely N-dealkylation sites (tertiary alicyclic amines) is 1. The molecule has 0 bridgehead atoms. The monoisotopic (exact) mass is 301 g/mol. The number of aryl methyl sites for hydroxylation is 2. The van der Waals surface area contributed by atoms with Crippen LogP contribution in [0, 0.1) is 6.92 Å². The number of hydrogen-bond donors (Lipinski definition) is 0. The van der Waals surface area contributed by atoms with Gasteiger partial charge in [0.15, 0.2) is 0 Å². The molecule has 22 heavy (non-hydrogen) atoms. The molecule has 0 aliphatic carbocycles. The molecule has 1 amide bonds. The Kier molecular flexibility index (Phi) is 4.32. The van der Waals surface area contributed by atoms with Gasteiger partial charge in [-0.05, 0) is 29.5 Å². The molecule has 2 heterocycles. The molecule has 2 aromatic rings. The van der Waals surface area contributed by atoms with Crippen LogP contribution in [0.15, 0.2) is 30.3 Å². The molecule has 7 nitrogen and oxygen atoms in total. The number of tetrazole rings is 1. The van der Waals surface area contributed by atoms with Crippen molar-refractivity contribution >= 4 is 5.91 Å². The molecule has 0 N–H and O–H groups in total. The van der Waals surface area contributed by atoms with Crippen molar-refractivity contribution in [2.45, 2.75) is 32.4 Å². The number of rotatable bonds is 5. The van der Waals surface area contributed by atoms with Gasteiger partial charge < -0.3 is 9.64 Å². The number of carbonyl (C=O) groups excluding carboxylic acids is 1. The minimum atomic E-state index is 0.0705. The molecule has 0 radical (unpaired) electrons. The Balaban J connectivity index is 1.47. The van der Waals surface area contributed by atoms with E-state index in [4.69, 9.17) is 4.74 Å². The summed E-state index contributed by atoms with van der Waals surface area (Å²) in [6.45, 7) is 3.72. The summed E-state index contributed by atoms with van der Waals surface area (Å²) >= 11 is 0. The highest BCUT2D eigenvalue weighted by Gasteiger charge is 2.27. The first-order valence-electron chi connectivity index (χ1n) is 7.44. The molecule has 3 rings (SSSR count). The molecule has 1 aliphatic rings. The normalized spacial score (nSPS) is 17.7. The Morgan fingerprint density at radius 1 is 1.36 bits per heavy atom. The van der Waals surface area contributed by atoms with Gasteiger partial charge >= 0.3 is 0 Å². The molecule has 1 fully saturated rings. The second-order valence-corrected chi connectivity index (χ2v) is 5.38. The third kappa shape index (κ3) is 3.41. The Hall–Kier alpha value is -2.44. The van der Waals surface area contributed by atoms with Gasteiger partial charge in [0.1, 0.15) is 17.7 Å². The Morgan fingerprint density at radius 3 is 2.91 bits per heavy atom. The fourth-order valence-corrected chi connectivity index (χ4v) is 2.56. The smallest absolute Gasteiger partial charge is 0.224 e. The lowest BCUT2D eigenvalue weighted by atomic mass is 10.3. The van der Waals surface area contributed by atoms with Crippen LogP contribution in [-0.4, -0.2) is 50.2 Å². The number of carbonyl (C=O) groups is 1. The first kappa shape index (κ1) is 14.5. The van der Waals surface area contributed by atoms with Crippen molar-refractivity contribution in [3.63, 3.8) is 0 Å². The highest BCUT2D eigenvalue weighted by atomic mass is 16.5. The quantitative estimate of drug-likeness (QED) is 0.825. The second-order valence-electron chi connectivity index (χ2n) is 5.38. The molecule has 0 spiro atoms. The van der Waals surface area contributed by atoms with Crippen LogP contribution in [0.4, 0.5) is 0 Å². The topological polar surface area (TPSA) is 73.1 Å². The van der Waals surface area contributed by atoms with E-state index in [-0.39, 0.29) is 12.0 Å². The molecule has 1 atom stereocenters. The zero-order chi connectivity index (χ0) is 15.4. The molecule has 116 valence electrons. The molecule has 1 aliphatic heterocycles. The number of hydrogen-bond acceptors (Lipinski definition) is 5. The highest BCUT2D eigenvalue weighted by molar-refractivity contribution is 5.76. The van der Waals surface area contributed by atoms with Crippen LogP contribution in [0.3, 0.4) is 0 Å². The van der Waals surface area contributed by atoms with E-state index < -0.39 is 0 Å². The zero-order valence-electron chi connectivity index (χ0n) is 12.6. The lowest BCUT2D eigenvalue weighted by molar-refractivity contribution is -0.130. The summed E-state index contributed by atoms with van der Waals surface area (Å²) in [5.74, 6) is 1.69. The summed E-state index contributed by atoms with van der Waals surface area (Å²) in [6, 6.07) is 9.72. The van der Waals surface area contributed by atoms with Gasteiger partial charge in [0.05, 0.1) is 13.1 Å². The van der Waals surface area contributed by atoms with Crippen molar-refractivity contribution in [3.8, 4) is 5.75 Å². The summed E-state index contributed by atoms with van der Waals surface area (Å²) in [6.07, 6.45) is 1.34. The minimum Gasteiger partial charge on any atom is -0.489 e. The van der Waals surface area contributed by atoms with E-state index in [1.165, 1.54) is 0 Å². The maximum Gasteiger partial charge on any atom is 0.224 e. The van der Waals surface area contributed by atoms with Gasteiger partial charge in [-0.2, -0.15) is 0 Å². The molecule has 1 aromatic heterocycles. The Bertz CT molecular complexity index is 628. The molecule has 7 heteroatoms. The van der Waals surface area contributed by atoms with Crippen molar-refractivity contribution in [3.05, 3.63) is 36.2 Å². The summed E-state index contributed by atoms with van der Waals surface area (Å²) in [4.78, 5) is 14.1. The molecule has 1 saturated heterocycles. The minimum absolute atomic E-state index is 0.0705. The summed E-state index contributed by atoms with van der Waals surface area (Å²) in [7, 11) is 0. The molecular formula is C15H19N5O2. The number of nitrogens with zero attached hydrogens (tertiary/aromatic N) is 5. The Morgan fingerprint density at radius 2 is 2.18 bits per heavy atom. The maximum atomic E-state index is 12.2. The third-order valence-corrected chi connectivity index (χ3v) is 3.79. The Labute approximate surface area is 128 Å². The fraction of sp³-hybridized carbons (Fsp3) is 0.467. The van der Waals surface area contributed by atoms with Gasteiger partial charge in [-0.15, -0.1) is 5.10 Å². The van der Waals surface area contributed by atoms with Crippen LogP contribution in [0.2, 0.25) is 0 Å². The average Bonchev–Trinajstić information content (AvgIpc) is 3.15. The molecule has 0 unspecified atom stereocenters. The number of benzene rings is 1. The van der Waals surface area contributed by atoms with E-state index in [9.17, 15) is 4.79 Å². The van der Waals surface area contributed by atoms with Gasteiger partial charge in [0.2, 0.25) is 5.91 Å². The standard InChI is InChI=1S/C15H19N5O2/c1-12-16-17-18-20(12)10-8-15(21)19-9-7-14(11-19)22-13-5-3-2-4-6-13/h2-6,14H,7-11H2,1H3/t14-/m1/s1. The van der Waals surface area contributed by atoms with Crippen molar-refractivity contribution in [1.82, 2.24) is 25.1 Å². The van der Waals surface area contributed by atoms with E-state index >= 15 is 0 Å². The largest absolute Gasteiger partial charge is 0.489 e. The van der Waals surface area contributed by atoms with Gasteiger partial charge in [-0.1, -0.05) is 18.2 Å². The van der Waals surface area contributed by atoms with Crippen molar-refractivity contribution < 1.29 is 9.53 Å². The molecule has 0 saturated carbocycles. The lowest BCUT2D eigenvalue weighted by Crippen LogP contribution is -2.31. The van der Waals surface area contributed by atoms with Gasteiger partial charge in [-0.25, -0.2) is 4.68 Å². The van der Waals surface area contributed by atoms with Crippen molar-refractivity contribution in [1.29, 1.82) is 0 Å². The summed E-state index contributed by atoms with van der Waals surface area (Å²) in [5, 5.41) is 11.2. The average molecular weight is 301 g/mol. The van der Waals surface area contributed by atoms with Crippen LogP contribution in [0.5, 0.6) is 5.75 Å². The van der Waals surface area contributed by atoms with E-state index in [0.29, 0.717) is 19.5 Å². The van der Waals surface area contributed by atoms with Crippen LogP contribution >= 0.6 is 0 Å². The van der Waals surface area contributed by atoms with Gasteiger partial charge in [-0.3, -0.25) is 4.79 Å². The zero-order valence-corrected chi connectivity index (χ0v) is 12.6. The third-order valence-electron chi connectivity index (χ3n) is 3.79.